The maximum atomic E-state index is 13.6. The van der Waals surface area contributed by atoms with Crippen molar-refractivity contribution in [3.05, 3.63) is 54.1 Å². The van der Waals surface area contributed by atoms with Crippen molar-refractivity contribution in [2.24, 2.45) is 5.73 Å². The summed E-state index contributed by atoms with van der Waals surface area (Å²) in [5.74, 6) is -14.3. The highest BCUT2D eigenvalue weighted by atomic mass is 16.5. The number of carboxylic acid groups (broad SMARTS) is 6. The molecule has 0 unspecified atom stereocenters. The number of hydrogen-bond acceptors (Lipinski definition) is 26. The molecule has 8 amide bonds. The highest BCUT2D eigenvalue weighted by molar-refractivity contribution is 6.01. The zero-order valence-corrected chi connectivity index (χ0v) is 56.7. The van der Waals surface area contributed by atoms with E-state index in [1.165, 1.54) is 0 Å². The van der Waals surface area contributed by atoms with Gasteiger partial charge in [0, 0.05) is 75.5 Å². The Morgan fingerprint density at radius 3 is 1.15 bits per heavy atom. The molecule has 3 rings (SSSR count). The lowest BCUT2D eigenvalue weighted by Gasteiger charge is -2.23. The molecule has 3 aromatic rings. The van der Waals surface area contributed by atoms with Crippen molar-refractivity contribution in [3.8, 4) is 17.1 Å². The SMILES string of the molecule is COc1ccc(-c2cc3cc(CCC(=O)[C@H](CCC(=O)O)NC(=O)[C@H](CCC(=O)O)NCCOCCOCC(=O)NC(=O)[C@H](CCC(=O)O)NC(=O)[C@H](CCC(=O)O)NCCOCCOCC(=O)NC(=O)[C@H](CCC(=O)O)NC(=O)[C@H](CCC(=O)O)NCCOCCOCC(N)=O)ccc3o2)cc1. The number of rotatable bonds is 59. The average Bonchev–Trinajstić information content (AvgIpc) is 1.67. The minimum absolute atomic E-state index is 0.00656. The number of carboxylic acids is 6. The molecule has 0 aliphatic carbocycles. The lowest BCUT2D eigenvalue weighted by molar-refractivity contribution is -0.140. The van der Waals surface area contributed by atoms with Crippen LogP contribution in [0.2, 0.25) is 0 Å². The van der Waals surface area contributed by atoms with Crippen LogP contribution < -0.4 is 53.0 Å². The Hall–Kier alpha value is -9.93. The standard InChI is InChI=1S/C65H91N9O29/c1-96-42-6-4-40(5-7-42)51-35-41-34-39(3-15-50(41)103-51)2-14-49(75)43(8-16-55(79)80)70-61(91)44(9-17-56(81)82)67-22-26-98-29-32-101-37-53(77)73-65(95)48(13-21-60(89)90)72-63(93)46(11-19-58(85)86)69-24-27-99-30-33-102-38-54(78)74-64(94)47(12-20-59(87)88)71-62(92)45(10-18-57(83)84)68-23-25-97-28-31-100-36-52(66)76/h3-7,15,34-35,43-48,67-69H,2,8-14,16-33,36-38H2,1H3,(H2,66,76)(H,70,91)(H,71,92)(H,72,93)(H,79,80)(H,81,82)(H,83,84)(H,85,86)(H,87,88)(H,89,90)(H,73,77,95)(H,74,78,94)/t43-,44-,45-,46-,47-,48-/m0/s1. The normalized spacial score (nSPS) is 12.9. The van der Waals surface area contributed by atoms with Gasteiger partial charge in [0.2, 0.25) is 35.4 Å². The number of amides is 8. The number of fused-ring (bicyclic) bond motifs is 1. The van der Waals surface area contributed by atoms with Gasteiger partial charge in [0.05, 0.1) is 90.7 Å². The lowest BCUT2D eigenvalue weighted by Crippen LogP contribution is -2.54. The Balaban J connectivity index is 1.44. The van der Waals surface area contributed by atoms with Crippen LogP contribution >= 0.6 is 0 Å². The van der Waals surface area contributed by atoms with E-state index in [9.17, 15) is 103 Å². The average molecular weight is 1460 g/mol. The van der Waals surface area contributed by atoms with Gasteiger partial charge in [-0.05, 0) is 93.0 Å². The van der Waals surface area contributed by atoms with E-state index in [1.54, 1.807) is 31.4 Å². The monoisotopic (exact) mass is 1460 g/mol. The summed E-state index contributed by atoms with van der Waals surface area (Å²) in [4.78, 5) is 185. The highest BCUT2D eigenvalue weighted by Crippen LogP contribution is 2.30. The number of aryl methyl sites for hydroxylation is 1. The molecule has 38 heteroatoms. The first-order valence-electron chi connectivity index (χ1n) is 32.7. The molecule has 16 N–H and O–H groups in total. The van der Waals surface area contributed by atoms with Crippen LogP contribution in [0.1, 0.15) is 89.0 Å². The number of aliphatic carboxylic acids is 6. The second-order valence-corrected chi connectivity index (χ2v) is 22.8. The van der Waals surface area contributed by atoms with E-state index in [-0.39, 0.29) is 124 Å². The molecule has 0 aliphatic rings. The van der Waals surface area contributed by atoms with Crippen molar-refractivity contribution >= 4 is 99.8 Å². The van der Waals surface area contributed by atoms with E-state index in [0.717, 1.165) is 16.5 Å². The van der Waals surface area contributed by atoms with Gasteiger partial charge in [0.1, 0.15) is 49.0 Å². The predicted octanol–water partition coefficient (Wildman–Crippen LogP) is -2.00. The highest BCUT2D eigenvalue weighted by Gasteiger charge is 2.31. The zero-order chi connectivity index (χ0) is 76.1. The summed E-state index contributed by atoms with van der Waals surface area (Å²) >= 11 is 0. The van der Waals surface area contributed by atoms with Gasteiger partial charge in [-0.3, -0.25) is 82.6 Å². The van der Waals surface area contributed by atoms with E-state index in [4.69, 9.17) is 43.3 Å². The summed E-state index contributed by atoms with van der Waals surface area (Å²) < 4.78 is 43.0. The molecule has 0 radical (unpaired) electrons. The summed E-state index contributed by atoms with van der Waals surface area (Å²) in [6, 6.07) is 6.49. The van der Waals surface area contributed by atoms with Gasteiger partial charge in [-0.2, -0.15) is 0 Å². The van der Waals surface area contributed by atoms with Crippen molar-refractivity contribution in [3.63, 3.8) is 0 Å². The molecule has 0 spiro atoms. The molecule has 0 aliphatic heterocycles. The van der Waals surface area contributed by atoms with Crippen LogP contribution in [-0.4, -0.2) is 262 Å². The fourth-order valence-corrected chi connectivity index (χ4v) is 9.44. The van der Waals surface area contributed by atoms with Gasteiger partial charge in [-0.25, -0.2) is 0 Å². The third-order valence-corrected chi connectivity index (χ3v) is 14.7. The summed E-state index contributed by atoms with van der Waals surface area (Å²) in [6.07, 6.45) is -5.06. The Morgan fingerprint density at radius 2 is 0.767 bits per heavy atom. The Morgan fingerprint density at radius 1 is 0.408 bits per heavy atom. The van der Waals surface area contributed by atoms with Crippen molar-refractivity contribution < 1.29 is 140 Å². The minimum Gasteiger partial charge on any atom is -0.497 e. The van der Waals surface area contributed by atoms with Crippen LogP contribution in [0.3, 0.4) is 0 Å². The Labute approximate surface area is 589 Å². The van der Waals surface area contributed by atoms with Gasteiger partial charge < -0.3 is 106 Å². The maximum Gasteiger partial charge on any atom is 0.303 e. The summed E-state index contributed by atoms with van der Waals surface area (Å²) in [5, 5.41) is 76.5. The van der Waals surface area contributed by atoms with Crippen molar-refractivity contribution in [1.29, 1.82) is 0 Å². The zero-order valence-electron chi connectivity index (χ0n) is 56.7. The smallest absolute Gasteiger partial charge is 0.303 e. The first-order chi connectivity index (χ1) is 49.1. The number of nitrogens with two attached hydrogens (primary N) is 1. The van der Waals surface area contributed by atoms with Gasteiger partial charge in [-0.1, -0.05) is 6.07 Å². The molecule has 570 valence electrons. The Kier molecular flexibility index (Phi) is 42.0. The molecular weight excluding hydrogens is 1370 g/mol. The van der Waals surface area contributed by atoms with E-state index in [2.05, 4.69) is 31.9 Å². The number of carbonyl (C=O) groups excluding carboxylic acids is 9. The first-order valence-corrected chi connectivity index (χ1v) is 32.7. The third-order valence-electron chi connectivity index (χ3n) is 14.7. The molecule has 2 aromatic carbocycles. The molecule has 0 saturated heterocycles. The van der Waals surface area contributed by atoms with Crippen LogP contribution in [-0.2, 0) is 107 Å². The molecular formula is C65H91N9O29. The molecule has 1 aromatic heterocycles. The van der Waals surface area contributed by atoms with E-state index in [0.29, 0.717) is 17.1 Å². The third kappa shape index (κ3) is 38.6. The second kappa shape index (κ2) is 49.6. The van der Waals surface area contributed by atoms with Crippen molar-refractivity contribution in [2.75, 3.05) is 106 Å². The van der Waals surface area contributed by atoms with Gasteiger partial charge in [-0.15, -0.1) is 0 Å². The van der Waals surface area contributed by atoms with Gasteiger partial charge in [0.15, 0.2) is 5.78 Å². The number of ketones is 1. The van der Waals surface area contributed by atoms with Crippen LogP contribution in [0, 0.1) is 0 Å². The largest absolute Gasteiger partial charge is 0.497 e. The van der Waals surface area contributed by atoms with E-state index >= 15 is 0 Å². The number of nitrogens with one attached hydrogen (secondary N) is 8. The van der Waals surface area contributed by atoms with Crippen molar-refractivity contribution in [1.82, 2.24) is 42.5 Å². The van der Waals surface area contributed by atoms with Crippen LogP contribution in [0.4, 0.5) is 0 Å². The van der Waals surface area contributed by atoms with Gasteiger partial charge in [0.25, 0.3) is 11.8 Å². The topological polar surface area (TPSA) is 577 Å². The first kappa shape index (κ1) is 87.3. The predicted molar refractivity (Wildman–Crippen MR) is 354 cm³/mol. The number of hydrogen-bond donors (Lipinski definition) is 15. The molecule has 6 atom stereocenters. The van der Waals surface area contributed by atoms with Crippen LogP contribution in [0.5, 0.6) is 5.75 Å². The van der Waals surface area contributed by atoms with Crippen LogP contribution in [0.15, 0.2) is 52.9 Å². The fourth-order valence-electron chi connectivity index (χ4n) is 9.44. The molecule has 0 bridgehead atoms. The molecule has 38 nitrogen and oxygen atoms in total. The lowest BCUT2D eigenvalue weighted by atomic mass is 9.98. The van der Waals surface area contributed by atoms with Crippen LogP contribution in [0.25, 0.3) is 22.3 Å². The number of primary amides is 1. The number of benzene rings is 2. The summed E-state index contributed by atoms with van der Waals surface area (Å²) in [6.45, 7) is -2.86. The summed E-state index contributed by atoms with van der Waals surface area (Å²) in [5.41, 5.74) is 7.19. The number of imide groups is 2. The second-order valence-electron chi connectivity index (χ2n) is 22.8. The number of carbonyl (C=O) groups is 15. The maximum absolute atomic E-state index is 13.6. The number of furan rings is 1. The number of ether oxygens (including phenoxy) is 7. The summed E-state index contributed by atoms with van der Waals surface area (Å²) in [7, 11) is 1.56. The molecule has 0 saturated carbocycles. The van der Waals surface area contributed by atoms with Crippen molar-refractivity contribution in [2.45, 2.75) is 126 Å². The number of Topliss-reactive ketones (excluding diaryl/α,β-unsaturated/α-hetero) is 1. The van der Waals surface area contributed by atoms with Gasteiger partial charge >= 0.3 is 35.8 Å². The quantitative estimate of drug-likeness (QED) is 0.0272. The molecule has 1 heterocycles. The minimum atomic E-state index is -1.63. The molecule has 0 fully saturated rings. The number of methoxy groups -OCH3 is 1. The van der Waals surface area contributed by atoms with E-state index < -0.39 is 190 Å². The Bertz CT molecular complexity index is 3290. The molecule has 103 heavy (non-hydrogen) atoms. The van der Waals surface area contributed by atoms with E-state index in [1.807, 2.05) is 34.9 Å². The fraction of sp³-hybridized carbons (Fsp3) is 0.554.